The molecule has 2 heterocycles. The molecule has 1 N–H and O–H groups in total. The molecular formula is C16H25F3IN5. The van der Waals surface area contributed by atoms with Crippen LogP contribution < -0.4 is 5.32 Å². The second-order valence-electron chi connectivity index (χ2n) is 5.91. The van der Waals surface area contributed by atoms with Gasteiger partial charge in [-0.3, -0.25) is 14.9 Å². The second-order valence-corrected chi connectivity index (χ2v) is 5.91. The van der Waals surface area contributed by atoms with Crippen LogP contribution in [0.5, 0.6) is 0 Å². The zero-order valence-corrected chi connectivity index (χ0v) is 17.0. The summed E-state index contributed by atoms with van der Waals surface area (Å²) < 4.78 is 38.4. The van der Waals surface area contributed by atoms with E-state index in [2.05, 4.69) is 15.3 Å². The molecule has 2 rings (SSSR count). The topological polar surface area (TPSA) is 43.8 Å². The Balaban J connectivity index is 0.00000312. The fourth-order valence-electron chi connectivity index (χ4n) is 2.73. The molecule has 9 heteroatoms. The number of piperazine rings is 1. The number of aryl methyl sites for hydroxylation is 1. The summed E-state index contributed by atoms with van der Waals surface area (Å²) in [6.07, 6.45) is -4.18. The molecule has 5 nitrogen and oxygen atoms in total. The standard InChI is InChI=1S/C16H24F3N5.HI/c1-12-5-4-6-14(22-12)11-21-15(20-3)24-9-7-23(8-10-24)13(2)16(17,18)19;/h4-6,13H,7-11H2,1-3H3,(H,20,21);1H. The Hall–Kier alpha value is -1.10. The molecular weight excluding hydrogens is 446 g/mol. The van der Waals surface area contributed by atoms with Gasteiger partial charge in [-0.15, -0.1) is 24.0 Å². The first-order valence-corrected chi connectivity index (χ1v) is 8.00. The van der Waals surface area contributed by atoms with Gasteiger partial charge in [-0.2, -0.15) is 13.2 Å². The average Bonchev–Trinajstić information content (AvgIpc) is 2.54. The second kappa shape index (κ2) is 9.56. The molecule has 1 aromatic heterocycles. The highest BCUT2D eigenvalue weighted by atomic mass is 127. The van der Waals surface area contributed by atoms with Crippen LogP contribution in [0.25, 0.3) is 0 Å². The van der Waals surface area contributed by atoms with Crippen molar-refractivity contribution in [2.75, 3.05) is 33.2 Å². The van der Waals surface area contributed by atoms with Crippen LogP contribution in [0.15, 0.2) is 23.2 Å². The summed E-state index contributed by atoms with van der Waals surface area (Å²) in [6, 6.07) is 4.39. The largest absolute Gasteiger partial charge is 0.403 e. The monoisotopic (exact) mass is 471 g/mol. The Morgan fingerprint density at radius 3 is 2.44 bits per heavy atom. The lowest BCUT2D eigenvalue weighted by molar-refractivity contribution is -0.181. The molecule has 1 saturated heterocycles. The van der Waals surface area contributed by atoms with Gasteiger partial charge in [0.05, 0.1) is 12.2 Å². The summed E-state index contributed by atoms with van der Waals surface area (Å²) in [4.78, 5) is 12.1. The van der Waals surface area contributed by atoms with Gasteiger partial charge in [0.2, 0.25) is 0 Å². The van der Waals surface area contributed by atoms with Crippen LogP contribution in [0.4, 0.5) is 13.2 Å². The number of hydrogen-bond acceptors (Lipinski definition) is 3. The van der Waals surface area contributed by atoms with Gasteiger partial charge in [-0.25, -0.2) is 0 Å². The molecule has 142 valence electrons. The van der Waals surface area contributed by atoms with Crippen molar-refractivity contribution in [1.29, 1.82) is 0 Å². The SMILES string of the molecule is CN=C(NCc1cccc(C)n1)N1CCN(C(C)C(F)(F)F)CC1.I. The van der Waals surface area contributed by atoms with E-state index in [0.29, 0.717) is 38.7 Å². The van der Waals surface area contributed by atoms with E-state index >= 15 is 0 Å². The Morgan fingerprint density at radius 2 is 1.92 bits per heavy atom. The molecule has 1 unspecified atom stereocenters. The van der Waals surface area contributed by atoms with Crippen LogP contribution in [-0.4, -0.2) is 66.2 Å². The van der Waals surface area contributed by atoms with Crippen molar-refractivity contribution in [3.63, 3.8) is 0 Å². The van der Waals surface area contributed by atoms with E-state index in [9.17, 15) is 13.2 Å². The molecule has 1 aliphatic rings. The predicted octanol–water partition coefficient (Wildman–Crippen LogP) is 2.65. The highest BCUT2D eigenvalue weighted by Crippen LogP contribution is 2.25. The lowest BCUT2D eigenvalue weighted by Gasteiger charge is -2.39. The molecule has 0 saturated carbocycles. The molecule has 25 heavy (non-hydrogen) atoms. The zero-order valence-electron chi connectivity index (χ0n) is 14.7. The zero-order chi connectivity index (χ0) is 17.7. The molecule has 0 bridgehead atoms. The van der Waals surface area contributed by atoms with Crippen LogP contribution in [0.2, 0.25) is 0 Å². The molecule has 0 radical (unpaired) electrons. The minimum Gasteiger partial charge on any atom is -0.351 e. The van der Waals surface area contributed by atoms with Gasteiger partial charge >= 0.3 is 6.18 Å². The van der Waals surface area contributed by atoms with Gasteiger partial charge in [0.15, 0.2) is 5.96 Å². The van der Waals surface area contributed by atoms with Crippen molar-refractivity contribution >= 4 is 29.9 Å². The van der Waals surface area contributed by atoms with Crippen LogP contribution in [0.3, 0.4) is 0 Å². The first-order valence-electron chi connectivity index (χ1n) is 8.00. The van der Waals surface area contributed by atoms with Crippen molar-refractivity contribution in [3.8, 4) is 0 Å². The lowest BCUT2D eigenvalue weighted by Crippen LogP contribution is -2.56. The van der Waals surface area contributed by atoms with E-state index in [4.69, 9.17) is 0 Å². The normalized spacial score (nSPS) is 17.8. The fraction of sp³-hybridized carbons (Fsp3) is 0.625. The van der Waals surface area contributed by atoms with Gasteiger partial charge in [0, 0.05) is 38.9 Å². The van der Waals surface area contributed by atoms with Gasteiger partial charge < -0.3 is 10.2 Å². The number of aromatic nitrogens is 1. The molecule has 0 amide bonds. The summed E-state index contributed by atoms with van der Waals surface area (Å²) in [5, 5.41) is 3.23. The van der Waals surface area contributed by atoms with Crippen LogP contribution in [0, 0.1) is 6.92 Å². The number of alkyl halides is 3. The van der Waals surface area contributed by atoms with E-state index in [-0.39, 0.29) is 24.0 Å². The Bertz CT molecular complexity index is 571. The van der Waals surface area contributed by atoms with E-state index in [0.717, 1.165) is 11.4 Å². The van der Waals surface area contributed by atoms with Crippen molar-refractivity contribution in [2.24, 2.45) is 4.99 Å². The smallest absolute Gasteiger partial charge is 0.351 e. The first-order chi connectivity index (χ1) is 11.3. The summed E-state index contributed by atoms with van der Waals surface area (Å²) in [7, 11) is 1.68. The quantitative estimate of drug-likeness (QED) is 0.419. The maximum Gasteiger partial charge on any atom is 0.403 e. The number of halogens is 4. The van der Waals surface area contributed by atoms with E-state index in [1.165, 1.54) is 11.8 Å². The maximum atomic E-state index is 12.8. The first kappa shape index (κ1) is 21.9. The van der Waals surface area contributed by atoms with Crippen LogP contribution in [-0.2, 0) is 6.54 Å². The van der Waals surface area contributed by atoms with E-state index in [1.54, 1.807) is 7.05 Å². The summed E-state index contributed by atoms with van der Waals surface area (Å²) >= 11 is 0. The molecule has 1 aromatic rings. The summed E-state index contributed by atoms with van der Waals surface area (Å²) in [6.45, 7) is 5.44. The van der Waals surface area contributed by atoms with Gasteiger partial charge in [0.1, 0.15) is 6.04 Å². The molecule has 1 aliphatic heterocycles. The van der Waals surface area contributed by atoms with Crippen LogP contribution >= 0.6 is 24.0 Å². The van der Waals surface area contributed by atoms with Gasteiger partial charge in [0.25, 0.3) is 0 Å². The van der Waals surface area contributed by atoms with E-state index in [1.807, 2.05) is 30.0 Å². The number of hydrogen-bond donors (Lipinski definition) is 1. The molecule has 0 aliphatic carbocycles. The van der Waals surface area contributed by atoms with Crippen molar-refractivity contribution in [3.05, 3.63) is 29.6 Å². The minimum absolute atomic E-state index is 0. The third-order valence-corrected chi connectivity index (χ3v) is 4.22. The van der Waals surface area contributed by atoms with Crippen molar-refractivity contribution in [2.45, 2.75) is 32.6 Å². The number of rotatable bonds is 3. The van der Waals surface area contributed by atoms with Crippen molar-refractivity contribution in [1.82, 2.24) is 20.1 Å². The Labute approximate surface area is 163 Å². The average molecular weight is 471 g/mol. The summed E-state index contributed by atoms with van der Waals surface area (Å²) in [5.74, 6) is 0.692. The summed E-state index contributed by atoms with van der Waals surface area (Å²) in [5.41, 5.74) is 1.85. The number of aliphatic imine (C=N–C) groups is 1. The highest BCUT2D eigenvalue weighted by Gasteiger charge is 2.41. The van der Waals surface area contributed by atoms with Gasteiger partial charge in [-0.1, -0.05) is 6.07 Å². The predicted molar refractivity (Wildman–Crippen MR) is 103 cm³/mol. The lowest BCUT2D eigenvalue weighted by atomic mass is 10.2. The van der Waals surface area contributed by atoms with Crippen LogP contribution in [0.1, 0.15) is 18.3 Å². The number of nitrogens with zero attached hydrogens (tertiary/aromatic N) is 4. The fourth-order valence-corrected chi connectivity index (χ4v) is 2.73. The third-order valence-electron chi connectivity index (χ3n) is 4.22. The number of nitrogens with one attached hydrogen (secondary N) is 1. The number of guanidine groups is 1. The molecule has 0 aromatic carbocycles. The molecule has 1 atom stereocenters. The highest BCUT2D eigenvalue weighted by molar-refractivity contribution is 14.0. The number of pyridine rings is 1. The third kappa shape index (κ3) is 6.28. The Kier molecular flexibility index (Phi) is 8.39. The molecule has 1 fully saturated rings. The van der Waals surface area contributed by atoms with E-state index < -0.39 is 12.2 Å². The van der Waals surface area contributed by atoms with Crippen molar-refractivity contribution < 1.29 is 13.2 Å². The minimum atomic E-state index is -4.18. The molecule has 0 spiro atoms. The maximum absolute atomic E-state index is 12.8. The van der Waals surface area contributed by atoms with Gasteiger partial charge in [-0.05, 0) is 26.0 Å². The Morgan fingerprint density at radius 1 is 1.28 bits per heavy atom.